The van der Waals surface area contributed by atoms with Crippen LogP contribution in [0.15, 0.2) is 28.9 Å². The van der Waals surface area contributed by atoms with E-state index in [0.29, 0.717) is 11.3 Å². The van der Waals surface area contributed by atoms with Crippen molar-refractivity contribution in [2.45, 2.75) is 6.92 Å². The van der Waals surface area contributed by atoms with Gasteiger partial charge in [-0.05, 0) is 46.6 Å². The van der Waals surface area contributed by atoms with Crippen LogP contribution in [0.4, 0.5) is 20.3 Å². The van der Waals surface area contributed by atoms with Crippen molar-refractivity contribution in [3.63, 3.8) is 0 Å². The third kappa shape index (κ3) is 2.93. The maximum Gasteiger partial charge on any atom is 0.259 e. The van der Waals surface area contributed by atoms with E-state index < -0.39 is 17.5 Å². The molecule has 0 bridgehead atoms. The van der Waals surface area contributed by atoms with Crippen LogP contribution in [0.1, 0.15) is 15.9 Å². The topological polar surface area (TPSA) is 68.0 Å². The van der Waals surface area contributed by atoms with E-state index in [1.165, 1.54) is 12.1 Å². The molecule has 1 amide bonds. The number of halogens is 3. The van der Waals surface area contributed by atoms with Crippen LogP contribution in [0.3, 0.4) is 0 Å². The lowest BCUT2D eigenvalue weighted by atomic mass is 10.1. The normalized spacial score (nSPS) is 10.4. The number of nitrogens with zero attached hydrogens (tertiary/aromatic N) is 1. The van der Waals surface area contributed by atoms with E-state index in [4.69, 9.17) is 5.73 Å². The van der Waals surface area contributed by atoms with Gasteiger partial charge in [0.05, 0.1) is 16.2 Å². The summed E-state index contributed by atoms with van der Waals surface area (Å²) in [7, 11) is 0. The first-order valence-electron chi connectivity index (χ1n) is 5.56. The van der Waals surface area contributed by atoms with Gasteiger partial charge in [-0.3, -0.25) is 4.79 Å². The molecule has 1 aromatic heterocycles. The summed E-state index contributed by atoms with van der Waals surface area (Å²) in [5.41, 5.74) is 6.37. The van der Waals surface area contributed by atoms with Crippen molar-refractivity contribution >= 4 is 33.3 Å². The van der Waals surface area contributed by atoms with E-state index in [0.717, 1.165) is 12.3 Å². The summed E-state index contributed by atoms with van der Waals surface area (Å²) in [5, 5.41) is 2.54. The highest BCUT2D eigenvalue weighted by Crippen LogP contribution is 2.25. The van der Waals surface area contributed by atoms with Crippen molar-refractivity contribution in [2.24, 2.45) is 0 Å². The number of benzene rings is 1. The van der Waals surface area contributed by atoms with E-state index in [1.54, 1.807) is 6.92 Å². The summed E-state index contributed by atoms with van der Waals surface area (Å²) in [6.07, 6.45) is 0.922. The fourth-order valence-corrected chi connectivity index (χ4v) is 1.95. The lowest BCUT2D eigenvalue weighted by Crippen LogP contribution is -2.16. The van der Waals surface area contributed by atoms with E-state index in [2.05, 4.69) is 26.2 Å². The van der Waals surface area contributed by atoms with E-state index >= 15 is 0 Å². The molecule has 0 radical (unpaired) electrons. The molecule has 0 saturated heterocycles. The Balaban J connectivity index is 2.32. The van der Waals surface area contributed by atoms with Gasteiger partial charge in [0, 0.05) is 5.69 Å². The Bertz CT molecular complexity index is 692. The van der Waals surface area contributed by atoms with Gasteiger partial charge in [0.1, 0.15) is 17.5 Å². The number of hydrogen-bond donors (Lipinski definition) is 2. The highest BCUT2D eigenvalue weighted by Gasteiger charge is 2.14. The summed E-state index contributed by atoms with van der Waals surface area (Å²) in [4.78, 5) is 15.6. The van der Waals surface area contributed by atoms with Gasteiger partial charge in [-0.15, -0.1) is 0 Å². The van der Waals surface area contributed by atoms with Crippen LogP contribution in [-0.2, 0) is 0 Å². The SMILES string of the molecule is Cc1cc(F)c(Br)cc1NC(=O)c1cc(F)cnc1N. The Morgan fingerprint density at radius 3 is 2.75 bits per heavy atom. The molecular weight excluding hydrogens is 332 g/mol. The van der Waals surface area contributed by atoms with Crippen LogP contribution >= 0.6 is 15.9 Å². The van der Waals surface area contributed by atoms with E-state index in [9.17, 15) is 13.6 Å². The van der Waals surface area contributed by atoms with Crippen LogP contribution in [0.25, 0.3) is 0 Å². The monoisotopic (exact) mass is 341 g/mol. The quantitative estimate of drug-likeness (QED) is 0.880. The molecule has 104 valence electrons. The molecule has 0 atom stereocenters. The van der Waals surface area contributed by atoms with Crippen LogP contribution in [-0.4, -0.2) is 10.9 Å². The molecule has 2 aromatic rings. The van der Waals surface area contributed by atoms with Crippen molar-refractivity contribution in [2.75, 3.05) is 11.1 Å². The van der Waals surface area contributed by atoms with Crippen LogP contribution in [0, 0.1) is 18.6 Å². The Morgan fingerprint density at radius 1 is 1.35 bits per heavy atom. The second-order valence-electron chi connectivity index (χ2n) is 4.12. The summed E-state index contributed by atoms with van der Waals surface area (Å²) in [6, 6.07) is 3.68. The molecule has 0 aliphatic carbocycles. The molecule has 1 aromatic carbocycles. The van der Waals surface area contributed by atoms with Crippen LogP contribution in [0.5, 0.6) is 0 Å². The lowest BCUT2D eigenvalue weighted by Gasteiger charge is -2.10. The highest BCUT2D eigenvalue weighted by molar-refractivity contribution is 9.10. The number of carbonyl (C=O) groups is 1. The van der Waals surface area contributed by atoms with E-state index in [1.807, 2.05) is 0 Å². The molecule has 2 rings (SSSR count). The number of nitrogens with one attached hydrogen (secondary N) is 1. The van der Waals surface area contributed by atoms with Crippen LogP contribution < -0.4 is 11.1 Å². The smallest absolute Gasteiger partial charge is 0.259 e. The van der Waals surface area contributed by atoms with Crippen LogP contribution in [0.2, 0.25) is 0 Å². The minimum atomic E-state index is -0.665. The first-order chi connectivity index (χ1) is 9.38. The largest absolute Gasteiger partial charge is 0.383 e. The highest BCUT2D eigenvalue weighted by atomic mass is 79.9. The fourth-order valence-electron chi connectivity index (χ4n) is 1.60. The number of amides is 1. The Hall–Kier alpha value is -2.02. The maximum absolute atomic E-state index is 13.3. The number of hydrogen-bond acceptors (Lipinski definition) is 3. The summed E-state index contributed by atoms with van der Waals surface area (Å²) >= 11 is 3.03. The zero-order valence-electron chi connectivity index (χ0n) is 10.4. The summed E-state index contributed by atoms with van der Waals surface area (Å²) < 4.78 is 26.6. The summed E-state index contributed by atoms with van der Waals surface area (Å²) in [6.45, 7) is 1.64. The van der Waals surface area contributed by atoms with Crippen molar-refractivity contribution < 1.29 is 13.6 Å². The van der Waals surface area contributed by atoms with Gasteiger partial charge < -0.3 is 11.1 Å². The molecule has 1 heterocycles. The Kier molecular flexibility index (Phi) is 3.99. The Labute approximate surface area is 122 Å². The van der Waals surface area contributed by atoms with Crippen molar-refractivity contribution in [1.29, 1.82) is 0 Å². The van der Waals surface area contributed by atoms with Gasteiger partial charge in [-0.2, -0.15) is 0 Å². The number of nitrogens with two attached hydrogens (primary N) is 1. The third-order valence-corrected chi connectivity index (χ3v) is 3.25. The van der Waals surface area contributed by atoms with Crippen molar-refractivity contribution in [3.8, 4) is 0 Å². The zero-order chi connectivity index (χ0) is 14.9. The molecule has 7 heteroatoms. The fraction of sp³-hybridized carbons (Fsp3) is 0.0769. The molecule has 4 nitrogen and oxygen atoms in total. The molecule has 0 spiro atoms. The Morgan fingerprint density at radius 2 is 2.05 bits per heavy atom. The molecule has 0 aliphatic rings. The van der Waals surface area contributed by atoms with Gasteiger partial charge >= 0.3 is 0 Å². The number of aryl methyl sites for hydroxylation is 1. The summed E-state index contributed by atoms with van der Waals surface area (Å²) in [5.74, 6) is -1.80. The molecule has 20 heavy (non-hydrogen) atoms. The predicted molar refractivity (Wildman–Crippen MR) is 75.4 cm³/mol. The standard InChI is InChI=1S/C13H10BrF2N3O/c1-6-2-10(16)9(14)4-11(6)19-13(20)8-3-7(15)5-18-12(8)17/h2-5H,1H3,(H2,17,18)(H,19,20). The van der Waals surface area contributed by atoms with Crippen molar-refractivity contribution in [1.82, 2.24) is 4.98 Å². The van der Waals surface area contributed by atoms with Crippen molar-refractivity contribution in [3.05, 3.63) is 51.6 Å². The maximum atomic E-state index is 13.3. The first-order valence-corrected chi connectivity index (χ1v) is 6.36. The minimum Gasteiger partial charge on any atom is -0.383 e. The average molecular weight is 342 g/mol. The van der Waals surface area contributed by atoms with Gasteiger partial charge in [-0.1, -0.05) is 0 Å². The molecule has 0 unspecified atom stereocenters. The number of carbonyl (C=O) groups excluding carboxylic acids is 1. The van der Waals surface area contributed by atoms with Gasteiger partial charge in [0.15, 0.2) is 0 Å². The third-order valence-electron chi connectivity index (χ3n) is 2.65. The molecule has 0 fully saturated rings. The molecule has 0 saturated carbocycles. The minimum absolute atomic E-state index is 0.0788. The lowest BCUT2D eigenvalue weighted by molar-refractivity contribution is 0.102. The van der Waals surface area contributed by atoms with Gasteiger partial charge in [-0.25, -0.2) is 13.8 Å². The predicted octanol–water partition coefficient (Wildman–Crippen LogP) is 3.27. The van der Waals surface area contributed by atoms with E-state index in [-0.39, 0.29) is 15.9 Å². The molecular formula is C13H10BrF2N3O. The number of rotatable bonds is 2. The zero-order valence-corrected chi connectivity index (χ0v) is 12.0. The second-order valence-corrected chi connectivity index (χ2v) is 4.98. The number of aromatic nitrogens is 1. The van der Waals surface area contributed by atoms with Gasteiger partial charge in [0.2, 0.25) is 0 Å². The second kappa shape index (κ2) is 5.54. The first kappa shape index (κ1) is 14.4. The average Bonchev–Trinajstić information content (AvgIpc) is 2.38. The van der Waals surface area contributed by atoms with Gasteiger partial charge in [0.25, 0.3) is 5.91 Å². The molecule has 3 N–H and O–H groups in total. The number of pyridine rings is 1. The number of anilines is 2. The number of nitrogen functional groups attached to an aromatic ring is 1. The molecule has 0 aliphatic heterocycles.